The van der Waals surface area contributed by atoms with E-state index in [0.29, 0.717) is 0 Å². The second kappa shape index (κ2) is 11.0. The molecule has 0 aliphatic heterocycles. The molecule has 0 bridgehead atoms. The van der Waals surface area contributed by atoms with Gasteiger partial charge in [0.2, 0.25) is 0 Å². The van der Waals surface area contributed by atoms with Crippen molar-refractivity contribution < 1.29 is 4.42 Å². The normalized spacial score (nSPS) is 11.7. The van der Waals surface area contributed by atoms with Crippen LogP contribution in [0.2, 0.25) is 0 Å². The van der Waals surface area contributed by atoms with Crippen molar-refractivity contribution in [2.24, 2.45) is 0 Å². The fourth-order valence-corrected chi connectivity index (χ4v) is 7.47. The van der Waals surface area contributed by atoms with Crippen LogP contribution in [0.15, 0.2) is 186 Å². The molecule has 0 saturated carbocycles. The van der Waals surface area contributed by atoms with Crippen LogP contribution in [0.3, 0.4) is 0 Å². The summed E-state index contributed by atoms with van der Waals surface area (Å²) >= 11 is 0. The first-order valence-corrected chi connectivity index (χ1v) is 16.7. The summed E-state index contributed by atoms with van der Waals surface area (Å²) in [4.78, 5) is 2.34. The van der Waals surface area contributed by atoms with Crippen molar-refractivity contribution in [1.29, 1.82) is 0 Å². The summed E-state index contributed by atoms with van der Waals surface area (Å²) in [6.07, 6.45) is 0. The Morgan fingerprint density at radius 1 is 0.388 bits per heavy atom. The highest BCUT2D eigenvalue weighted by molar-refractivity contribution is 6.15. The van der Waals surface area contributed by atoms with Crippen LogP contribution in [0.1, 0.15) is 0 Å². The third-order valence-corrected chi connectivity index (χ3v) is 9.77. The number of hydrogen-bond donors (Lipinski definition) is 0. The van der Waals surface area contributed by atoms with Crippen molar-refractivity contribution in [2.45, 2.75) is 0 Å². The van der Waals surface area contributed by atoms with Crippen molar-refractivity contribution in [3.63, 3.8) is 0 Å². The number of furan rings is 1. The Bertz CT molecular complexity index is 2810. The second-order valence-electron chi connectivity index (χ2n) is 12.6. The minimum absolute atomic E-state index is 0.904. The standard InChI is InChI=1S/C46H30N2O/c1-3-12-34(13-4-1)47(37-25-28-44-42(30-37)39-17-9-10-18-43(39)48(44)35-14-5-2-6-15-35)36-23-19-31(20-24-36)33-22-26-40-41-27-21-32-11-7-8-16-38(32)46(41)49-45(40)29-33/h1-30H. The molecule has 0 radical (unpaired) electrons. The van der Waals surface area contributed by atoms with Gasteiger partial charge in [-0.2, -0.15) is 0 Å². The molecule has 0 N–H and O–H groups in total. The third kappa shape index (κ3) is 4.44. The summed E-state index contributed by atoms with van der Waals surface area (Å²) in [5.41, 5.74) is 11.0. The van der Waals surface area contributed by atoms with Crippen LogP contribution in [0, 0.1) is 0 Å². The second-order valence-corrected chi connectivity index (χ2v) is 12.6. The van der Waals surface area contributed by atoms with Gasteiger partial charge in [0.05, 0.1) is 11.0 Å². The van der Waals surface area contributed by atoms with Gasteiger partial charge in [0.15, 0.2) is 0 Å². The number of nitrogens with zero attached hydrogens (tertiary/aromatic N) is 2. The highest BCUT2D eigenvalue weighted by atomic mass is 16.3. The van der Waals surface area contributed by atoms with E-state index in [1.165, 1.54) is 27.2 Å². The Morgan fingerprint density at radius 2 is 1.02 bits per heavy atom. The number of rotatable bonds is 5. The van der Waals surface area contributed by atoms with Gasteiger partial charge in [-0.1, -0.05) is 103 Å². The minimum atomic E-state index is 0.904. The van der Waals surface area contributed by atoms with E-state index in [0.717, 1.165) is 61.2 Å². The van der Waals surface area contributed by atoms with Gasteiger partial charge < -0.3 is 13.9 Å². The fraction of sp³-hybridized carbons (Fsp3) is 0. The average Bonchev–Trinajstić information content (AvgIpc) is 3.71. The molecule has 10 aromatic rings. The van der Waals surface area contributed by atoms with Gasteiger partial charge in [-0.15, -0.1) is 0 Å². The molecule has 0 aliphatic rings. The summed E-state index contributed by atoms with van der Waals surface area (Å²) < 4.78 is 8.85. The minimum Gasteiger partial charge on any atom is -0.455 e. The van der Waals surface area contributed by atoms with E-state index >= 15 is 0 Å². The molecule has 3 nitrogen and oxygen atoms in total. The first-order valence-electron chi connectivity index (χ1n) is 16.7. The summed E-state index contributed by atoms with van der Waals surface area (Å²) in [5.74, 6) is 0. The summed E-state index contributed by atoms with van der Waals surface area (Å²) in [6, 6.07) is 64.9. The number of aromatic nitrogens is 1. The van der Waals surface area contributed by atoms with Crippen molar-refractivity contribution >= 4 is 71.6 Å². The van der Waals surface area contributed by atoms with Gasteiger partial charge in [-0.05, 0) is 95.4 Å². The van der Waals surface area contributed by atoms with Crippen molar-refractivity contribution in [1.82, 2.24) is 4.57 Å². The van der Waals surface area contributed by atoms with Crippen LogP contribution in [0.4, 0.5) is 17.1 Å². The average molecular weight is 627 g/mol. The Kier molecular flexibility index (Phi) is 6.18. The van der Waals surface area contributed by atoms with Gasteiger partial charge in [0, 0.05) is 49.7 Å². The maximum atomic E-state index is 6.49. The Labute approximate surface area is 283 Å². The number of anilines is 3. The number of para-hydroxylation sites is 3. The Hall–Kier alpha value is -6.58. The lowest BCUT2D eigenvalue weighted by Gasteiger charge is -2.26. The molecule has 2 aromatic heterocycles. The SMILES string of the molecule is c1ccc(N(c2ccc(-c3ccc4c(c3)oc3c5ccccc5ccc43)cc2)c2ccc3c(c2)c2ccccc2n3-c2ccccc2)cc1. The van der Waals surface area contributed by atoms with E-state index in [1.54, 1.807) is 0 Å². The predicted molar refractivity (Wildman–Crippen MR) is 206 cm³/mol. The lowest BCUT2D eigenvalue weighted by Crippen LogP contribution is -2.09. The number of benzene rings is 8. The molecule has 0 amide bonds. The quantitative estimate of drug-likeness (QED) is 0.190. The van der Waals surface area contributed by atoms with Crippen LogP contribution < -0.4 is 4.90 Å². The molecule has 0 unspecified atom stereocenters. The van der Waals surface area contributed by atoms with Gasteiger partial charge in [0.25, 0.3) is 0 Å². The Morgan fingerprint density at radius 3 is 1.86 bits per heavy atom. The first-order chi connectivity index (χ1) is 24.3. The zero-order chi connectivity index (χ0) is 32.3. The summed E-state index contributed by atoms with van der Waals surface area (Å²) in [5, 5.41) is 7.08. The molecule has 0 fully saturated rings. The third-order valence-electron chi connectivity index (χ3n) is 9.77. The number of hydrogen-bond acceptors (Lipinski definition) is 2. The van der Waals surface area contributed by atoms with Crippen LogP contribution in [-0.4, -0.2) is 4.57 Å². The summed E-state index contributed by atoms with van der Waals surface area (Å²) in [7, 11) is 0. The molecule has 10 rings (SSSR count). The van der Waals surface area contributed by atoms with Crippen LogP contribution in [0.5, 0.6) is 0 Å². The van der Waals surface area contributed by atoms with E-state index < -0.39 is 0 Å². The zero-order valence-electron chi connectivity index (χ0n) is 26.6. The first kappa shape index (κ1) is 27.5. The molecule has 3 heteroatoms. The molecular weight excluding hydrogens is 597 g/mol. The molecule has 49 heavy (non-hydrogen) atoms. The molecule has 0 saturated heterocycles. The van der Waals surface area contributed by atoms with Crippen LogP contribution >= 0.6 is 0 Å². The van der Waals surface area contributed by atoms with Crippen molar-refractivity contribution in [3.8, 4) is 16.8 Å². The molecule has 2 heterocycles. The topological polar surface area (TPSA) is 21.3 Å². The molecule has 8 aromatic carbocycles. The van der Waals surface area contributed by atoms with E-state index in [-0.39, 0.29) is 0 Å². The number of fused-ring (bicyclic) bond motifs is 8. The largest absolute Gasteiger partial charge is 0.455 e. The van der Waals surface area contributed by atoms with E-state index in [2.05, 4.69) is 191 Å². The van der Waals surface area contributed by atoms with E-state index in [1.807, 2.05) is 0 Å². The predicted octanol–water partition coefficient (Wildman–Crippen LogP) is 13.0. The van der Waals surface area contributed by atoms with Gasteiger partial charge in [0.1, 0.15) is 11.2 Å². The maximum absolute atomic E-state index is 6.49. The molecular formula is C46H30N2O. The zero-order valence-corrected chi connectivity index (χ0v) is 26.6. The molecule has 0 atom stereocenters. The molecule has 230 valence electrons. The van der Waals surface area contributed by atoms with E-state index in [4.69, 9.17) is 4.42 Å². The lowest BCUT2D eigenvalue weighted by molar-refractivity contribution is 0.673. The molecule has 0 spiro atoms. The van der Waals surface area contributed by atoms with E-state index in [9.17, 15) is 0 Å². The molecule has 0 aliphatic carbocycles. The highest BCUT2D eigenvalue weighted by Crippen LogP contribution is 2.41. The maximum Gasteiger partial charge on any atom is 0.143 e. The lowest BCUT2D eigenvalue weighted by atomic mass is 10.0. The fourth-order valence-electron chi connectivity index (χ4n) is 7.47. The van der Waals surface area contributed by atoms with Gasteiger partial charge in [-0.3, -0.25) is 0 Å². The van der Waals surface area contributed by atoms with Gasteiger partial charge in [-0.25, -0.2) is 0 Å². The highest BCUT2D eigenvalue weighted by Gasteiger charge is 2.18. The van der Waals surface area contributed by atoms with Crippen molar-refractivity contribution in [2.75, 3.05) is 4.90 Å². The van der Waals surface area contributed by atoms with Crippen LogP contribution in [0.25, 0.3) is 71.3 Å². The Balaban J connectivity index is 1.08. The summed E-state index contributed by atoms with van der Waals surface area (Å²) in [6.45, 7) is 0. The smallest absolute Gasteiger partial charge is 0.143 e. The van der Waals surface area contributed by atoms with Crippen LogP contribution in [-0.2, 0) is 0 Å². The van der Waals surface area contributed by atoms with Crippen molar-refractivity contribution in [3.05, 3.63) is 182 Å². The monoisotopic (exact) mass is 626 g/mol. The van der Waals surface area contributed by atoms with Gasteiger partial charge >= 0.3 is 0 Å².